The fourth-order valence-corrected chi connectivity index (χ4v) is 4.79. The molecule has 4 nitrogen and oxygen atoms in total. The van der Waals surface area contributed by atoms with Crippen molar-refractivity contribution < 1.29 is 8.42 Å². The summed E-state index contributed by atoms with van der Waals surface area (Å²) in [6, 6.07) is 7.59. The number of hydrogen-bond acceptors (Lipinski definition) is 3. The summed E-state index contributed by atoms with van der Waals surface area (Å²) in [4.78, 5) is 2.05. The Labute approximate surface area is 132 Å². The van der Waals surface area contributed by atoms with Crippen molar-refractivity contribution in [2.24, 2.45) is 0 Å². The van der Waals surface area contributed by atoms with Gasteiger partial charge in [0.05, 0.1) is 5.75 Å². The van der Waals surface area contributed by atoms with Crippen LogP contribution in [-0.4, -0.2) is 50.8 Å². The van der Waals surface area contributed by atoms with Gasteiger partial charge in [0.15, 0.2) is 0 Å². The Bertz CT molecular complexity index is 558. The highest BCUT2D eigenvalue weighted by atomic mass is 35.5. The van der Waals surface area contributed by atoms with Gasteiger partial charge in [-0.25, -0.2) is 8.42 Å². The van der Waals surface area contributed by atoms with E-state index in [2.05, 4.69) is 0 Å². The van der Waals surface area contributed by atoms with E-state index in [1.807, 2.05) is 43.3 Å². The molecule has 118 valence electrons. The van der Waals surface area contributed by atoms with Gasteiger partial charge < -0.3 is 4.90 Å². The molecule has 0 radical (unpaired) electrons. The third-order valence-electron chi connectivity index (χ3n) is 3.78. The molecule has 1 unspecified atom stereocenters. The van der Waals surface area contributed by atoms with Gasteiger partial charge in [0.25, 0.3) is 0 Å². The largest absolute Gasteiger partial charge is 0.308 e. The van der Waals surface area contributed by atoms with Crippen molar-refractivity contribution in [3.63, 3.8) is 0 Å². The smallest absolute Gasteiger partial charge is 0.218 e. The van der Waals surface area contributed by atoms with E-state index in [-0.39, 0.29) is 11.8 Å². The number of rotatable bonds is 6. The lowest BCUT2D eigenvalue weighted by Crippen LogP contribution is -2.41. The molecule has 1 aliphatic rings. The summed E-state index contributed by atoms with van der Waals surface area (Å²) in [6.07, 6.45) is 1.89. The zero-order valence-electron chi connectivity index (χ0n) is 12.6. The fraction of sp³-hybridized carbons (Fsp3) is 0.600. The molecule has 21 heavy (non-hydrogen) atoms. The molecule has 2 rings (SSSR count). The predicted octanol–water partition coefficient (Wildman–Crippen LogP) is 2.28. The van der Waals surface area contributed by atoms with Gasteiger partial charge in [0.1, 0.15) is 0 Å². The first-order valence-corrected chi connectivity index (χ1v) is 9.35. The van der Waals surface area contributed by atoms with Crippen LogP contribution < -0.4 is 0 Å². The van der Waals surface area contributed by atoms with E-state index in [4.69, 9.17) is 11.6 Å². The Morgan fingerprint density at radius 1 is 1.24 bits per heavy atom. The van der Waals surface area contributed by atoms with Gasteiger partial charge >= 0.3 is 0 Å². The second-order valence-corrected chi connectivity index (χ2v) is 8.06. The lowest BCUT2D eigenvalue weighted by Gasteiger charge is -2.26. The summed E-state index contributed by atoms with van der Waals surface area (Å²) in [5.41, 5.74) is 1.82. The van der Waals surface area contributed by atoms with Gasteiger partial charge in [-0.3, -0.25) is 0 Å². The maximum atomic E-state index is 12.6. The molecule has 0 aromatic heterocycles. The van der Waals surface area contributed by atoms with Gasteiger partial charge in [-0.2, -0.15) is 4.31 Å². The van der Waals surface area contributed by atoms with Gasteiger partial charge in [-0.15, -0.1) is 11.6 Å². The lowest BCUT2D eigenvalue weighted by atomic mass is 10.2. The Morgan fingerprint density at radius 2 is 1.86 bits per heavy atom. The topological polar surface area (TPSA) is 40.6 Å². The quantitative estimate of drug-likeness (QED) is 0.751. The second-order valence-electron chi connectivity index (χ2n) is 5.88. The van der Waals surface area contributed by atoms with E-state index in [1.165, 1.54) is 0 Å². The third kappa shape index (κ3) is 4.42. The van der Waals surface area contributed by atoms with Crippen molar-refractivity contribution in [1.29, 1.82) is 0 Å². The number of alkyl halides is 1. The summed E-state index contributed by atoms with van der Waals surface area (Å²) in [5.74, 6) is 0.517. The highest BCUT2D eigenvalue weighted by molar-refractivity contribution is 7.88. The molecule has 1 aromatic rings. The molecule has 1 fully saturated rings. The van der Waals surface area contributed by atoms with Crippen LogP contribution in [0.4, 0.5) is 0 Å². The van der Waals surface area contributed by atoms with Gasteiger partial charge in [0.2, 0.25) is 10.0 Å². The molecule has 0 bridgehead atoms. The highest BCUT2D eigenvalue weighted by Crippen LogP contribution is 2.24. The zero-order chi connectivity index (χ0) is 15.5. The van der Waals surface area contributed by atoms with Crippen LogP contribution in [0.3, 0.4) is 0 Å². The van der Waals surface area contributed by atoms with Crippen LogP contribution in [0.5, 0.6) is 0 Å². The van der Waals surface area contributed by atoms with E-state index in [1.54, 1.807) is 4.31 Å². The van der Waals surface area contributed by atoms with Crippen molar-refractivity contribution in [1.82, 2.24) is 9.21 Å². The van der Waals surface area contributed by atoms with Crippen molar-refractivity contribution >= 4 is 21.6 Å². The molecule has 0 saturated carbocycles. The summed E-state index contributed by atoms with van der Waals surface area (Å²) in [6.45, 7) is 1.42. The normalized spacial score (nSPS) is 20.3. The molecule has 1 saturated heterocycles. The number of likely N-dealkylation sites (N-methyl/N-ethyl adjacent to an activating group) is 1. The van der Waals surface area contributed by atoms with Crippen molar-refractivity contribution in [3.8, 4) is 0 Å². The summed E-state index contributed by atoms with van der Waals surface area (Å²) >= 11 is 5.75. The lowest BCUT2D eigenvalue weighted by molar-refractivity contribution is 0.291. The first kappa shape index (κ1) is 16.7. The summed E-state index contributed by atoms with van der Waals surface area (Å²) < 4.78 is 26.9. The molecule has 1 heterocycles. The minimum Gasteiger partial charge on any atom is -0.308 e. The minimum absolute atomic E-state index is 0.0689. The first-order valence-electron chi connectivity index (χ1n) is 7.20. The molecular formula is C15H23ClN2O2S. The van der Waals surface area contributed by atoms with Crippen LogP contribution >= 0.6 is 11.6 Å². The molecule has 0 aliphatic carbocycles. The van der Waals surface area contributed by atoms with E-state index in [9.17, 15) is 8.42 Å². The standard InChI is InChI=1S/C15H23ClN2O2S/c1-17(2)11-15-4-3-9-18(15)21(19,20)12-14-7-5-13(10-16)6-8-14/h5-8,15H,3-4,9-12H2,1-2H3. The monoisotopic (exact) mass is 330 g/mol. The Kier molecular flexibility index (Phi) is 5.66. The molecule has 0 N–H and O–H groups in total. The van der Waals surface area contributed by atoms with Gasteiger partial charge in [-0.05, 0) is 38.1 Å². The molecule has 0 spiro atoms. The van der Waals surface area contributed by atoms with Crippen LogP contribution in [0.15, 0.2) is 24.3 Å². The molecule has 6 heteroatoms. The number of nitrogens with zero attached hydrogens (tertiary/aromatic N) is 2. The van der Waals surface area contributed by atoms with Crippen LogP contribution in [-0.2, 0) is 21.7 Å². The summed E-state index contributed by atoms with van der Waals surface area (Å²) in [5, 5.41) is 0. The van der Waals surface area contributed by atoms with Crippen LogP contribution in [0.25, 0.3) is 0 Å². The number of hydrogen-bond donors (Lipinski definition) is 0. The van der Waals surface area contributed by atoms with Crippen molar-refractivity contribution in [2.75, 3.05) is 27.2 Å². The maximum Gasteiger partial charge on any atom is 0.218 e. The summed E-state index contributed by atoms with van der Waals surface area (Å²) in [7, 11) is 0.707. The number of halogens is 1. The second kappa shape index (κ2) is 7.09. The van der Waals surface area contributed by atoms with E-state index < -0.39 is 10.0 Å². The van der Waals surface area contributed by atoms with Crippen molar-refractivity contribution in [2.45, 2.75) is 30.5 Å². The molecule has 0 amide bonds. The fourth-order valence-electron chi connectivity index (χ4n) is 2.80. The van der Waals surface area contributed by atoms with E-state index in [0.29, 0.717) is 12.4 Å². The molecular weight excluding hydrogens is 308 g/mol. The van der Waals surface area contributed by atoms with Crippen LogP contribution in [0.1, 0.15) is 24.0 Å². The number of sulfonamides is 1. The SMILES string of the molecule is CN(C)CC1CCCN1S(=O)(=O)Cc1ccc(CCl)cc1. The highest BCUT2D eigenvalue weighted by Gasteiger charge is 2.34. The van der Waals surface area contributed by atoms with Crippen LogP contribution in [0, 0.1) is 0 Å². The van der Waals surface area contributed by atoms with Crippen LogP contribution in [0.2, 0.25) is 0 Å². The Morgan fingerprint density at radius 3 is 2.43 bits per heavy atom. The number of benzene rings is 1. The van der Waals surface area contributed by atoms with Gasteiger partial charge in [-0.1, -0.05) is 24.3 Å². The zero-order valence-corrected chi connectivity index (χ0v) is 14.2. The maximum absolute atomic E-state index is 12.6. The van der Waals surface area contributed by atoms with Crippen molar-refractivity contribution in [3.05, 3.63) is 35.4 Å². The average molecular weight is 331 g/mol. The third-order valence-corrected chi connectivity index (χ3v) is 5.98. The van der Waals surface area contributed by atoms with E-state index in [0.717, 1.165) is 30.5 Å². The molecule has 1 atom stereocenters. The first-order chi connectivity index (χ1) is 9.92. The molecule has 1 aromatic carbocycles. The average Bonchev–Trinajstić information content (AvgIpc) is 2.87. The van der Waals surface area contributed by atoms with E-state index >= 15 is 0 Å². The Hall–Kier alpha value is -0.620. The Balaban J connectivity index is 2.09. The van der Waals surface area contributed by atoms with Gasteiger partial charge in [0, 0.05) is 25.0 Å². The predicted molar refractivity (Wildman–Crippen MR) is 86.9 cm³/mol. The minimum atomic E-state index is -3.25. The molecule has 1 aliphatic heterocycles.